The first kappa shape index (κ1) is 14.4. The number of rotatable bonds is 6. The van der Waals surface area contributed by atoms with E-state index in [1.165, 1.54) is 0 Å². The lowest BCUT2D eigenvalue weighted by molar-refractivity contribution is 0.162. The first-order valence-corrected chi connectivity index (χ1v) is 5.95. The van der Waals surface area contributed by atoms with Crippen LogP contribution < -0.4 is 10.6 Å². The molecule has 0 aliphatic heterocycles. The van der Waals surface area contributed by atoms with Crippen LogP contribution in [0.15, 0.2) is 4.52 Å². The molecule has 1 aromatic heterocycles. The van der Waals surface area contributed by atoms with Gasteiger partial charge < -0.3 is 20.3 Å². The van der Waals surface area contributed by atoms with Crippen molar-refractivity contribution in [2.24, 2.45) is 0 Å². The Hall–Kier alpha value is -1.63. The van der Waals surface area contributed by atoms with E-state index in [1.807, 2.05) is 6.92 Å². The van der Waals surface area contributed by atoms with E-state index in [1.54, 1.807) is 13.8 Å². The highest BCUT2D eigenvalue weighted by Gasteiger charge is 2.24. The fraction of sp³-hybridized carbons (Fsp3) is 0.727. The second kappa shape index (κ2) is 6.34. The monoisotopic (exact) mass is 256 g/mol. The Kier molecular flexibility index (Phi) is 5.08. The molecular formula is C11H20N4O3. The number of hydrogen-bond acceptors (Lipinski definition) is 5. The molecule has 0 radical (unpaired) electrons. The minimum atomic E-state index is -0.608. The van der Waals surface area contributed by atoms with Gasteiger partial charge in [0.1, 0.15) is 0 Å². The fourth-order valence-corrected chi connectivity index (χ4v) is 1.62. The molecule has 1 aromatic rings. The van der Waals surface area contributed by atoms with Crippen molar-refractivity contribution in [3.05, 3.63) is 11.7 Å². The number of aliphatic hydroxyl groups is 1. The van der Waals surface area contributed by atoms with Crippen molar-refractivity contribution in [3.63, 3.8) is 0 Å². The highest BCUT2D eigenvalue weighted by atomic mass is 16.5. The lowest BCUT2D eigenvalue weighted by atomic mass is 9.98. The van der Waals surface area contributed by atoms with Crippen LogP contribution in [0.25, 0.3) is 0 Å². The van der Waals surface area contributed by atoms with Gasteiger partial charge in [-0.2, -0.15) is 4.98 Å². The number of aromatic nitrogens is 2. The quantitative estimate of drug-likeness (QED) is 0.696. The van der Waals surface area contributed by atoms with E-state index in [2.05, 4.69) is 20.8 Å². The summed E-state index contributed by atoms with van der Waals surface area (Å²) in [5.41, 5.74) is -0.608. The van der Waals surface area contributed by atoms with Crippen molar-refractivity contribution in [2.45, 2.75) is 45.7 Å². The van der Waals surface area contributed by atoms with E-state index in [0.29, 0.717) is 18.1 Å². The predicted octanol–water partition coefficient (Wildman–Crippen LogP) is 0.728. The SMILES string of the molecule is CCCC(C)(CO)NC(=O)NCc1nc(C)no1. The standard InChI is InChI=1S/C11H20N4O3/c1-4-5-11(3,7-16)14-10(17)12-6-9-13-8(2)15-18-9/h16H,4-7H2,1-3H3,(H2,12,14,17). The number of hydrogen-bond donors (Lipinski definition) is 3. The van der Waals surface area contributed by atoms with Crippen LogP contribution in [0.4, 0.5) is 4.79 Å². The normalized spacial score (nSPS) is 14.0. The summed E-state index contributed by atoms with van der Waals surface area (Å²) in [5.74, 6) is 0.877. The van der Waals surface area contributed by atoms with E-state index >= 15 is 0 Å². The second-order valence-electron chi connectivity index (χ2n) is 4.51. The molecule has 1 rings (SSSR count). The maximum absolute atomic E-state index is 11.6. The third kappa shape index (κ3) is 4.33. The van der Waals surface area contributed by atoms with Gasteiger partial charge in [0.05, 0.1) is 18.7 Å². The molecule has 0 fully saturated rings. The van der Waals surface area contributed by atoms with Gasteiger partial charge in [0.25, 0.3) is 0 Å². The molecule has 0 aliphatic rings. The van der Waals surface area contributed by atoms with Crippen LogP contribution in [0, 0.1) is 6.92 Å². The molecule has 0 bridgehead atoms. The molecule has 1 heterocycles. The minimum Gasteiger partial charge on any atom is -0.394 e. The average Bonchev–Trinajstić information content (AvgIpc) is 2.73. The Morgan fingerprint density at radius 2 is 2.28 bits per heavy atom. The summed E-state index contributed by atoms with van der Waals surface area (Å²) < 4.78 is 4.87. The number of amides is 2. The summed E-state index contributed by atoms with van der Waals surface area (Å²) >= 11 is 0. The third-order valence-corrected chi connectivity index (χ3v) is 2.54. The van der Waals surface area contributed by atoms with Gasteiger partial charge in [-0.05, 0) is 20.3 Å². The van der Waals surface area contributed by atoms with Gasteiger partial charge in [-0.25, -0.2) is 4.79 Å². The number of aliphatic hydroxyl groups excluding tert-OH is 1. The van der Waals surface area contributed by atoms with Gasteiger partial charge >= 0.3 is 6.03 Å². The zero-order valence-electron chi connectivity index (χ0n) is 11.0. The minimum absolute atomic E-state index is 0.103. The van der Waals surface area contributed by atoms with Crippen LogP contribution in [-0.4, -0.2) is 33.4 Å². The first-order valence-electron chi connectivity index (χ1n) is 5.95. The summed E-state index contributed by atoms with van der Waals surface area (Å²) in [6.07, 6.45) is 1.58. The third-order valence-electron chi connectivity index (χ3n) is 2.54. The Balaban J connectivity index is 2.41. The molecule has 0 saturated carbocycles. The molecule has 7 heteroatoms. The van der Waals surface area contributed by atoms with Crippen molar-refractivity contribution in [3.8, 4) is 0 Å². The molecular weight excluding hydrogens is 236 g/mol. The van der Waals surface area contributed by atoms with E-state index in [0.717, 1.165) is 6.42 Å². The van der Waals surface area contributed by atoms with Crippen molar-refractivity contribution in [1.29, 1.82) is 0 Å². The van der Waals surface area contributed by atoms with Crippen LogP contribution in [0.3, 0.4) is 0 Å². The van der Waals surface area contributed by atoms with Crippen LogP contribution in [0.5, 0.6) is 0 Å². The molecule has 7 nitrogen and oxygen atoms in total. The molecule has 1 unspecified atom stereocenters. The maximum Gasteiger partial charge on any atom is 0.315 e. The molecule has 3 N–H and O–H groups in total. The molecule has 0 aromatic carbocycles. The van der Waals surface area contributed by atoms with Gasteiger partial charge in [-0.1, -0.05) is 18.5 Å². The van der Waals surface area contributed by atoms with Crippen molar-refractivity contribution in [1.82, 2.24) is 20.8 Å². The molecule has 0 spiro atoms. The molecule has 0 aliphatic carbocycles. The number of carbonyl (C=O) groups is 1. The Morgan fingerprint density at radius 3 is 2.78 bits per heavy atom. The lowest BCUT2D eigenvalue weighted by Crippen LogP contribution is -2.52. The number of carbonyl (C=O) groups excluding carboxylic acids is 1. The van der Waals surface area contributed by atoms with Crippen LogP contribution >= 0.6 is 0 Å². The second-order valence-corrected chi connectivity index (χ2v) is 4.51. The largest absolute Gasteiger partial charge is 0.394 e. The summed E-state index contributed by atoms with van der Waals surface area (Å²) in [7, 11) is 0. The summed E-state index contributed by atoms with van der Waals surface area (Å²) in [4.78, 5) is 15.6. The van der Waals surface area contributed by atoms with Gasteiger partial charge in [-0.15, -0.1) is 0 Å². The van der Waals surface area contributed by atoms with Gasteiger partial charge in [0, 0.05) is 0 Å². The van der Waals surface area contributed by atoms with Crippen LogP contribution in [-0.2, 0) is 6.54 Å². The zero-order chi connectivity index (χ0) is 13.6. The van der Waals surface area contributed by atoms with Gasteiger partial charge in [-0.3, -0.25) is 0 Å². The van der Waals surface area contributed by atoms with E-state index in [4.69, 9.17) is 4.52 Å². The summed E-state index contributed by atoms with van der Waals surface area (Å²) in [5, 5.41) is 18.2. The predicted molar refractivity (Wildman–Crippen MR) is 64.8 cm³/mol. The molecule has 18 heavy (non-hydrogen) atoms. The molecule has 2 amide bonds. The van der Waals surface area contributed by atoms with Crippen LogP contribution in [0.1, 0.15) is 38.4 Å². The zero-order valence-corrected chi connectivity index (χ0v) is 11.0. The summed E-state index contributed by atoms with van der Waals surface area (Å²) in [6.45, 7) is 5.56. The van der Waals surface area contributed by atoms with Crippen molar-refractivity contribution < 1.29 is 14.4 Å². The molecule has 0 saturated heterocycles. The van der Waals surface area contributed by atoms with Crippen molar-refractivity contribution >= 4 is 6.03 Å². The average molecular weight is 256 g/mol. The summed E-state index contributed by atoms with van der Waals surface area (Å²) in [6, 6.07) is -0.365. The van der Waals surface area contributed by atoms with Crippen LogP contribution in [0.2, 0.25) is 0 Å². The number of nitrogens with zero attached hydrogens (tertiary/aromatic N) is 2. The van der Waals surface area contributed by atoms with E-state index < -0.39 is 5.54 Å². The van der Waals surface area contributed by atoms with Gasteiger partial charge in [0.15, 0.2) is 5.82 Å². The van der Waals surface area contributed by atoms with Gasteiger partial charge in [0.2, 0.25) is 5.89 Å². The highest BCUT2D eigenvalue weighted by molar-refractivity contribution is 5.74. The molecule has 102 valence electrons. The number of aryl methyl sites for hydroxylation is 1. The Bertz CT molecular complexity index is 393. The fourth-order valence-electron chi connectivity index (χ4n) is 1.62. The topological polar surface area (TPSA) is 100 Å². The number of urea groups is 1. The maximum atomic E-state index is 11.6. The molecule has 1 atom stereocenters. The van der Waals surface area contributed by atoms with E-state index in [9.17, 15) is 9.90 Å². The smallest absolute Gasteiger partial charge is 0.315 e. The first-order chi connectivity index (χ1) is 8.49. The van der Waals surface area contributed by atoms with Crippen molar-refractivity contribution in [2.75, 3.05) is 6.61 Å². The lowest BCUT2D eigenvalue weighted by Gasteiger charge is -2.28. The highest BCUT2D eigenvalue weighted by Crippen LogP contribution is 2.10. The Morgan fingerprint density at radius 1 is 1.56 bits per heavy atom. The number of nitrogens with one attached hydrogen (secondary N) is 2. The van der Waals surface area contributed by atoms with E-state index in [-0.39, 0.29) is 19.2 Å². The Labute approximate surface area is 106 Å².